The van der Waals surface area contributed by atoms with Gasteiger partial charge in [0.1, 0.15) is 0 Å². The van der Waals surface area contributed by atoms with Crippen LogP contribution >= 0.6 is 0 Å². The number of ether oxygens (including phenoxy) is 1. The Kier molecular flexibility index (Phi) is 11.4. The van der Waals surface area contributed by atoms with Crippen LogP contribution in [0.3, 0.4) is 0 Å². The van der Waals surface area contributed by atoms with E-state index in [-0.39, 0.29) is 6.04 Å². The SMILES string of the molecule is CCN(CC)C(CNC(=NC)NC(C)COC)CC(C)C. The van der Waals surface area contributed by atoms with Crippen molar-refractivity contribution in [1.82, 2.24) is 15.5 Å². The first-order valence-electron chi connectivity index (χ1n) is 8.18. The standard InChI is InChI=1S/C16H36N4O/c1-8-20(9-2)15(10-13(3)4)11-18-16(17-6)19-14(5)12-21-7/h13-15H,8-12H2,1-7H3,(H2,17,18,19). The number of hydrogen-bond donors (Lipinski definition) is 2. The summed E-state index contributed by atoms with van der Waals surface area (Å²) in [7, 11) is 3.52. The molecular formula is C16H36N4O. The molecule has 126 valence electrons. The molecule has 0 aromatic rings. The Morgan fingerprint density at radius 1 is 1.19 bits per heavy atom. The molecule has 2 atom stereocenters. The molecule has 0 amide bonds. The van der Waals surface area contributed by atoms with E-state index in [2.05, 4.69) is 55.1 Å². The van der Waals surface area contributed by atoms with Gasteiger partial charge >= 0.3 is 0 Å². The third-order valence-electron chi connectivity index (χ3n) is 3.60. The lowest BCUT2D eigenvalue weighted by atomic mass is 10.0. The van der Waals surface area contributed by atoms with Gasteiger partial charge in [-0.2, -0.15) is 0 Å². The average molecular weight is 300 g/mol. The Bertz CT molecular complexity index is 277. The van der Waals surface area contributed by atoms with E-state index in [9.17, 15) is 0 Å². The normalized spacial score (nSPS) is 15.4. The number of rotatable bonds is 10. The van der Waals surface area contributed by atoms with Crippen molar-refractivity contribution in [3.63, 3.8) is 0 Å². The summed E-state index contributed by atoms with van der Waals surface area (Å²) < 4.78 is 5.15. The maximum Gasteiger partial charge on any atom is 0.191 e. The van der Waals surface area contributed by atoms with Crippen LogP contribution in [-0.4, -0.2) is 63.3 Å². The number of guanidine groups is 1. The second-order valence-electron chi connectivity index (χ2n) is 5.96. The number of nitrogens with one attached hydrogen (secondary N) is 2. The van der Waals surface area contributed by atoms with Gasteiger partial charge in [-0.25, -0.2) is 0 Å². The monoisotopic (exact) mass is 300 g/mol. The molecule has 0 spiro atoms. The van der Waals surface area contributed by atoms with Crippen LogP contribution in [0.15, 0.2) is 4.99 Å². The lowest BCUT2D eigenvalue weighted by Crippen LogP contribution is -2.50. The molecule has 2 unspecified atom stereocenters. The molecule has 2 N–H and O–H groups in total. The Hall–Kier alpha value is -0.810. The Morgan fingerprint density at radius 2 is 1.81 bits per heavy atom. The van der Waals surface area contributed by atoms with Crippen LogP contribution in [-0.2, 0) is 4.74 Å². The van der Waals surface area contributed by atoms with Crippen molar-refractivity contribution in [3.8, 4) is 0 Å². The largest absolute Gasteiger partial charge is 0.383 e. The molecule has 0 fully saturated rings. The van der Waals surface area contributed by atoms with E-state index in [0.717, 1.165) is 25.6 Å². The molecule has 0 saturated carbocycles. The second kappa shape index (κ2) is 11.8. The summed E-state index contributed by atoms with van der Waals surface area (Å²) >= 11 is 0. The first-order valence-corrected chi connectivity index (χ1v) is 8.18. The molecule has 0 heterocycles. The van der Waals surface area contributed by atoms with Gasteiger partial charge in [0, 0.05) is 32.8 Å². The summed E-state index contributed by atoms with van der Waals surface area (Å²) in [6.07, 6.45) is 1.19. The summed E-state index contributed by atoms with van der Waals surface area (Å²) in [5.74, 6) is 1.54. The molecule has 0 rings (SSSR count). The summed E-state index contributed by atoms with van der Waals surface area (Å²) in [6, 6.07) is 0.787. The predicted octanol–water partition coefficient (Wildman–Crippen LogP) is 1.94. The zero-order valence-electron chi connectivity index (χ0n) is 15.1. The Morgan fingerprint density at radius 3 is 2.24 bits per heavy atom. The average Bonchev–Trinajstić information content (AvgIpc) is 2.43. The van der Waals surface area contributed by atoms with Crippen molar-refractivity contribution in [3.05, 3.63) is 0 Å². The zero-order chi connectivity index (χ0) is 16.3. The van der Waals surface area contributed by atoms with Crippen molar-refractivity contribution in [1.29, 1.82) is 0 Å². The van der Waals surface area contributed by atoms with Crippen molar-refractivity contribution in [2.24, 2.45) is 10.9 Å². The van der Waals surface area contributed by atoms with Crippen LogP contribution in [0.2, 0.25) is 0 Å². The van der Waals surface area contributed by atoms with Crippen LogP contribution in [0, 0.1) is 5.92 Å². The summed E-state index contributed by atoms with van der Waals surface area (Å²) in [5, 5.41) is 6.80. The number of likely N-dealkylation sites (N-methyl/N-ethyl adjacent to an activating group) is 1. The van der Waals surface area contributed by atoms with E-state index in [1.54, 1.807) is 7.11 Å². The van der Waals surface area contributed by atoms with Gasteiger partial charge in [0.25, 0.3) is 0 Å². The molecule has 0 radical (unpaired) electrons. The fourth-order valence-corrected chi connectivity index (χ4v) is 2.58. The molecule has 0 aliphatic heterocycles. The fourth-order valence-electron chi connectivity index (χ4n) is 2.58. The van der Waals surface area contributed by atoms with Crippen LogP contribution < -0.4 is 10.6 Å². The van der Waals surface area contributed by atoms with Gasteiger partial charge in [0.05, 0.1) is 6.61 Å². The smallest absolute Gasteiger partial charge is 0.191 e. The minimum Gasteiger partial charge on any atom is -0.383 e. The van der Waals surface area contributed by atoms with E-state index in [4.69, 9.17) is 4.74 Å². The first kappa shape index (κ1) is 20.2. The highest BCUT2D eigenvalue weighted by atomic mass is 16.5. The second-order valence-corrected chi connectivity index (χ2v) is 5.96. The van der Waals surface area contributed by atoms with E-state index in [1.165, 1.54) is 6.42 Å². The molecule has 0 aliphatic carbocycles. The molecule has 0 aromatic heterocycles. The van der Waals surface area contributed by atoms with Gasteiger partial charge < -0.3 is 15.4 Å². The van der Waals surface area contributed by atoms with E-state index in [1.807, 2.05) is 7.05 Å². The summed E-state index contributed by atoms with van der Waals surface area (Å²) in [4.78, 5) is 6.81. The van der Waals surface area contributed by atoms with E-state index >= 15 is 0 Å². The van der Waals surface area contributed by atoms with Gasteiger partial charge in [0.2, 0.25) is 0 Å². The lowest BCUT2D eigenvalue weighted by Gasteiger charge is -2.32. The number of hydrogen-bond acceptors (Lipinski definition) is 3. The third kappa shape index (κ3) is 8.94. The highest BCUT2D eigenvalue weighted by Gasteiger charge is 2.17. The van der Waals surface area contributed by atoms with E-state index in [0.29, 0.717) is 18.6 Å². The van der Waals surface area contributed by atoms with Gasteiger partial charge in [0.15, 0.2) is 5.96 Å². The first-order chi connectivity index (χ1) is 9.98. The van der Waals surface area contributed by atoms with Crippen LogP contribution in [0.1, 0.15) is 41.0 Å². The lowest BCUT2D eigenvalue weighted by molar-refractivity contribution is 0.177. The molecule has 0 aliphatic rings. The van der Waals surface area contributed by atoms with Crippen molar-refractivity contribution < 1.29 is 4.74 Å². The van der Waals surface area contributed by atoms with Gasteiger partial charge in [-0.05, 0) is 32.4 Å². The summed E-state index contributed by atoms with van der Waals surface area (Å²) in [6.45, 7) is 14.9. The maximum atomic E-state index is 5.15. The van der Waals surface area contributed by atoms with E-state index < -0.39 is 0 Å². The summed E-state index contributed by atoms with van der Waals surface area (Å²) in [5.41, 5.74) is 0. The third-order valence-corrected chi connectivity index (χ3v) is 3.60. The van der Waals surface area contributed by atoms with Gasteiger partial charge in [-0.15, -0.1) is 0 Å². The van der Waals surface area contributed by atoms with Crippen LogP contribution in [0.4, 0.5) is 0 Å². The molecule has 0 aromatic carbocycles. The predicted molar refractivity (Wildman–Crippen MR) is 92.0 cm³/mol. The highest BCUT2D eigenvalue weighted by Crippen LogP contribution is 2.10. The van der Waals surface area contributed by atoms with Gasteiger partial charge in [-0.3, -0.25) is 9.89 Å². The molecular weight excluding hydrogens is 264 g/mol. The van der Waals surface area contributed by atoms with Gasteiger partial charge in [-0.1, -0.05) is 27.7 Å². The molecule has 5 nitrogen and oxygen atoms in total. The van der Waals surface area contributed by atoms with Crippen molar-refractivity contribution >= 4 is 5.96 Å². The number of nitrogens with zero attached hydrogens (tertiary/aromatic N) is 2. The minimum atomic E-state index is 0.248. The maximum absolute atomic E-state index is 5.15. The Labute approximate surface area is 131 Å². The Balaban J connectivity index is 4.49. The highest BCUT2D eigenvalue weighted by molar-refractivity contribution is 5.79. The molecule has 21 heavy (non-hydrogen) atoms. The molecule has 0 bridgehead atoms. The van der Waals surface area contributed by atoms with Crippen LogP contribution in [0.5, 0.6) is 0 Å². The topological polar surface area (TPSA) is 48.9 Å². The number of aliphatic imine (C=N–C) groups is 1. The fraction of sp³-hybridized carbons (Fsp3) is 0.938. The molecule has 5 heteroatoms. The minimum absolute atomic E-state index is 0.248. The zero-order valence-corrected chi connectivity index (χ0v) is 15.1. The van der Waals surface area contributed by atoms with Crippen molar-refractivity contribution in [2.75, 3.05) is 40.4 Å². The van der Waals surface area contributed by atoms with Crippen LogP contribution in [0.25, 0.3) is 0 Å². The molecule has 0 saturated heterocycles. The quantitative estimate of drug-likeness (QED) is 0.478. The van der Waals surface area contributed by atoms with Crippen molar-refractivity contribution in [2.45, 2.75) is 53.1 Å². The number of methoxy groups -OCH3 is 1.